The van der Waals surface area contributed by atoms with Gasteiger partial charge in [-0.3, -0.25) is 10.1 Å². The minimum Gasteiger partial charge on any atom is -0.493 e. The second-order valence-corrected chi connectivity index (χ2v) is 4.82. The van der Waals surface area contributed by atoms with Crippen molar-refractivity contribution in [3.05, 3.63) is 33.4 Å². The molecule has 0 unspecified atom stereocenters. The number of nitro benzene ring substituents is 1. The van der Waals surface area contributed by atoms with Gasteiger partial charge in [-0.2, -0.15) is 0 Å². The van der Waals surface area contributed by atoms with Crippen LogP contribution in [0.5, 0.6) is 5.75 Å². The quantitative estimate of drug-likeness (QED) is 0.613. The van der Waals surface area contributed by atoms with Crippen LogP contribution in [-0.4, -0.2) is 31.0 Å². The van der Waals surface area contributed by atoms with Gasteiger partial charge in [0.1, 0.15) is 5.75 Å². The fraction of sp³-hybridized carbons (Fsp3) is 0.571. The van der Waals surface area contributed by atoms with Crippen molar-refractivity contribution >= 4 is 5.69 Å². The molecule has 2 rings (SSSR count). The van der Waals surface area contributed by atoms with Gasteiger partial charge in [0, 0.05) is 18.1 Å². The molecule has 0 atom stereocenters. The molecule has 0 radical (unpaired) electrons. The van der Waals surface area contributed by atoms with Crippen molar-refractivity contribution < 1.29 is 19.1 Å². The molecule has 1 fully saturated rings. The zero-order valence-corrected chi connectivity index (χ0v) is 11.8. The standard InChI is InChI=1S/C14H19NO5/c1-10-9-13(11(2)8-12(10)15(16)17)18-7-4-14-19-5-3-6-20-14/h8-9,14H,3-7H2,1-2H3. The van der Waals surface area contributed by atoms with Crippen LogP contribution in [0.4, 0.5) is 5.69 Å². The van der Waals surface area contributed by atoms with Crippen LogP contribution in [0.2, 0.25) is 0 Å². The number of hydrogen-bond acceptors (Lipinski definition) is 5. The summed E-state index contributed by atoms with van der Waals surface area (Å²) in [5, 5.41) is 10.8. The Morgan fingerprint density at radius 2 is 2.00 bits per heavy atom. The van der Waals surface area contributed by atoms with Gasteiger partial charge in [-0.1, -0.05) is 0 Å². The monoisotopic (exact) mass is 281 g/mol. The van der Waals surface area contributed by atoms with Gasteiger partial charge < -0.3 is 14.2 Å². The number of hydrogen-bond donors (Lipinski definition) is 0. The Morgan fingerprint density at radius 1 is 1.30 bits per heavy atom. The Kier molecular flexibility index (Phi) is 4.92. The highest BCUT2D eigenvalue weighted by molar-refractivity contribution is 5.49. The van der Waals surface area contributed by atoms with Crippen LogP contribution in [0.1, 0.15) is 24.0 Å². The summed E-state index contributed by atoms with van der Waals surface area (Å²) in [6.07, 6.45) is 1.37. The maximum absolute atomic E-state index is 10.8. The van der Waals surface area contributed by atoms with Crippen LogP contribution in [0.25, 0.3) is 0 Å². The first kappa shape index (κ1) is 14.7. The van der Waals surface area contributed by atoms with E-state index in [4.69, 9.17) is 14.2 Å². The molecular formula is C14H19NO5. The van der Waals surface area contributed by atoms with Crippen molar-refractivity contribution in [2.75, 3.05) is 19.8 Å². The summed E-state index contributed by atoms with van der Waals surface area (Å²) in [5.74, 6) is 0.670. The summed E-state index contributed by atoms with van der Waals surface area (Å²) in [4.78, 5) is 10.5. The Hall–Kier alpha value is -1.66. The molecule has 1 aliphatic heterocycles. The molecule has 0 amide bonds. The molecule has 0 spiro atoms. The van der Waals surface area contributed by atoms with Crippen molar-refractivity contribution in [1.82, 2.24) is 0 Å². The number of nitrogens with zero attached hydrogens (tertiary/aromatic N) is 1. The van der Waals surface area contributed by atoms with Gasteiger partial charge in [0.05, 0.1) is 24.7 Å². The van der Waals surface area contributed by atoms with Crippen LogP contribution in [-0.2, 0) is 9.47 Å². The average Bonchev–Trinajstić information content (AvgIpc) is 2.43. The van der Waals surface area contributed by atoms with E-state index in [0.29, 0.717) is 24.3 Å². The van der Waals surface area contributed by atoms with Crippen molar-refractivity contribution in [2.24, 2.45) is 0 Å². The van der Waals surface area contributed by atoms with E-state index in [1.54, 1.807) is 19.9 Å². The number of benzene rings is 1. The van der Waals surface area contributed by atoms with Crippen LogP contribution < -0.4 is 4.74 Å². The van der Waals surface area contributed by atoms with Gasteiger partial charge in [0.25, 0.3) is 5.69 Å². The lowest BCUT2D eigenvalue weighted by Gasteiger charge is -2.23. The predicted octanol–water partition coefficient (Wildman–Crippen LogP) is 2.74. The van der Waals surface area contributed by atoms with E-state index in [0.717, 1.165) is 25.2 Å². The molecule has 110 valence electrons. The summed E-state index contributed by atoms with van der Waals surface area (Å²) >= 11 is 0. The first-order valence-corrected chi connectivity index (χ1v) is 6.69. The second kappa shape index (κ2) is 6.67. The van der Waals surface area contributed by atoms with Crippen LogP contribution in [0.3, 0.4) is 0 Å². The smallest absolute Gasteiger partial charge is 0.272 e. The zero-order valence-electron chi connectivity index (χ0n) is 11.8. The number of aryl methyl sites for hydroxylation is 2. The van der Waals surface area contributed by atoms with E-state index >= 15 is 0 Å². The molecule has 1 aromatic rings. The van der Waals surface area contributed by atoms with Crippen LogP contribution in [0.15, 0.2) is 12.1 Å². The van der Waals surface area contributed by atoms with E-state index in [2.05, 4.69) is 0 Å². The number of ether oxygens (including phenoxy) is 3. The molecule has 6 nitrogen and oxygen atoms in total. The van der Waals surface area contributed by atoms with Gasteiger partial charge in [0.15, 0.2) is 6.29 Å². The van der Waals surface area contributed by atoms with E-state index in [1.165, 1.54) is 6.07 Å². The fourth-order valence-corrected chi connectivity index (χ4v) is 2.10. The minimum absolute atomic E-state index is 0.119. The van der Waals surface area contributed by atoms with Crippen molar-refractivity contribution in [2.45, 2.75) is 33.0 Å². The molecule has 20 heavy (non-hydrogen) atoms. The normalized spacial score (nSPS) is 16.1. The molecule has 0 saturated carbocycles. The predicted molar refractivity (Wildman–Crippen MR) is 73.0 cm³/mol. The lowest BCUT2D eigenvalue weighted by atomic mass is 10.1. The highest BCUT2D eigenvalue weighted by Crippen LogP contribution is 2.27. The Bertz CT molecular complexity index is 483. The van der Waals surface area contributed by atoms with Crippen LogP contribution in [0, 0.1) is 24.0 Å². The summed E-state index contributed by atoms with van der Waals surface area (Å²) < 4.78 is 16.5. The van der Waals surface area contributed by atoms with Gasteiger partial charge in [-0.25, -0.2) is 0 Å². The number of rotatable bonds is 5. The zero-order chi connectivity index (χ0) is 14.5. The molecule has 0 bridgehead atoms. The molecule has 0 N–H and O–H groups in total. The number of nitro groups is 1. The summed E-state index contributed by atoms with van der Waals surface area (Å²) in [6, 6.07) is 3.24. The van der Waals surface area contributed by atoms with E-state index in [1.807, 2.05) is 0 Å². The van der Waals surface area contributed by atoms with E-state index in [9.17, 15) is 10.1 Å². The molecule has 1 saturated heterocycles. The topological polar surface area (TPSA) is 70.8 Å². The highest BCUT2D eigenvalue weighted by Gasteiger charge is 2.16. The Balaban J connectivity index is 1.92. The third-order valence-corrected chi connectivity index (χ3v) is 3.20. The van der Waals surface area contributed by atoms with Crippen molar-refractivity contribution in [1.29, 1.82) is 0 Å². The summed E-state index contributed by atoms with van der Waals surface area (Å²) in [5.41, 5.74) is 1.47. The van der Waals surface area contributed by atoms with Gasteiger partial charge in [-0.15, -0.1) is 0 Å². The fourth-order valence-electron chi connectivity index (χ4n) is 2.10. The third-order valence-electron chi connectivity index (χ3n) is 3.20. The van der Waals surface area contributed by atoms with Gasteiger partial charge in [0.2, 0.25) is 0 Å². The molecular weight excluding hydrogens is 262 g/mol. The lowest BCUT2D eigenvalue weighted by molar-refractivity contribution is -0.385. The maximum atomic E-state index is 10.8. The van der Waals surface area contributed by atoms with Crippen molar-refractivity contribution in [3.63, 3.8) is 0 Å². The molecule has 1 heterocycles. The molecule has 1 aromatic carbocycles. The summed E-state index contributed by atoms with van der Waals surface area (Å²) in [6.45, 7) is 5.41. The largest absolute Gasteiger partial charge is 0.493 e. The Labute approximate surface area is 117 Å². The summed E-state index contributed by atoms with van der Waals surface area (Å²) in [7, 11) is 0. The second-order valence-electron chi connectivity index (χ2n) is 4.82. The van der Waals surface area contributed by atoms with E-state index < -0.39 is 0 Å². The SMILES string of the molecule is Cc1cc([N+](=O)[O-])c(C)cc1OCCC1OCCCO1. The molecule has 0 aliphatic carbocycles. The Morgan fingerprint density at radius 3 is 2.65 bits per heavy atom. The van der Waals surface area contributed by atoms with E-state index in [-0.39, 0.29) is 16.9 Å². The first-order valence-electron chi connectivity index (χ1n) is 6.69. The third kappa shape index (κ3) is 3.68. The van der Waals surface area contributed by atoms with Gasteiger partial charge in [-0.05, 0) is 31.9 Å². The minimum atomic E-state index is -0.379. The average molecular weight is 281 g/mol. The molecule has 0 aromatic heterocycles. The molecule has 6 heteroatoms. The lowest BCUT2D eigenvalue weighted by Crippen LogP contribution is -2.26. The van der Waals surface area contributed by atoms with Crippen LogP contribution >= 0.6 is 0 Å². The van der Waals surface area contributed by atoms with Gasteiger partial charge >= 0.3 is 0 Å². The first-order chi connectivity index (χ1) is 9.58. The highest BCUT2D eigenvalue weighted by atomic mass is 16.7. The molecule has 1 aliphatic rings. The van der Waals surface area contributed by atoms with Crippen molar-refractivity contribution in [3.8, 4) is 5.75 Å². The maximum Gasteiger partial charge on any atom is 0.272 e.